The van der Waals surface area contributed by atoms with E-state index in [0.717, 1.165) is 29.7 Å². The fraction of sp³-hybridized carbons (Fsp3) is 0.324. The summed E-state index contributed by atoms with van der Waals surface area (Å²) in [5, 5.41) is 0. The second-order valence-corrected chi connectivity index (χ2v) is 10.7. The molecule has 3 aromatic carbocycles. The summed E-state index contributed by atoms with van der Waals surface area (Å²) in [4.78, 5) is 0. The molecule has 1 nitrogen and oxygen atoms in total. The van der Waals surface area contributed by atoms with Gasteiger partial charge in [0.15, 0.2) is 0 Å². The Morgan fingerprint density at radius 2 is 1.05 bits per heavy atom. The van der Waals surface area contributed by atoms with Crippen molar-refractivity contribution in [3.63, 3.8) is 0 Å². The van der Waals surface area contributed by atoms with Crippen LogP contribution >= 0.6 is 0 Å². The number of hydrogen-bond donors (Lipinski definition) is 0. The molecule has 0 spiro atoms. The third-order valence-corrected chi connectivity index (χ3v) is 7.63. The van der Waals surface area contributed by atoms with Gasteiger partial charge in [-0.2, -0.15) is 18.6 Å². The summed E-state index contributed by atoms with van der Waals surface area (Å²) in [5.74, 6) is 0. The molecule has 0 N–H and O–H groups in total. The Labute approximate surface area is 251 Å². The van der Waals surface area contributed by atoms with Gasteiger partial charge in [0.1, 0.15) is 0 Å². The molecule has 0 saturated carbocycles. The molecule has 0 unspecified atom stereocenters. The molecular weight excluding hydrogens is 651 g/mol. The molecule has 1 radical (unpaired) electrons. The normalized spacial score (nSPS) is 10.8. The van der Waals surface area contributed by atoms with E-state index >= 15 is 0 Å². The largest absolute Gasteiger partial charge is 0.343 e. The van der Waals surface area contributed by atoms with Crippen LogP contribution in [0.15, 0.2) is 85.1 Å². The van der Waals surface area contributed by atoms with E-state index in [0.29, 0.717) is 0 Å². The monoisotopic (exact) mass is 695 g/mol. The molecule has 0 fully saturated rings. The van der Waals surface area contributed by atoms with Crippen molar-refractivity contribution in [3.05, 3.63) is 116 Å². The molecule has 0 aliphatic carbocycles. The van der Waals surface area contributed by atoms with Gasteiger partial charge >= 0.3 is 0 Å². The maximum Gasteiger partial charge on any atom is 0.0692 e. The number of benzene rings is 3. The van der Waals surface area contributed by atoms with Gasteiger partial charge in [-0.05, 0) is 65.1 Å². The van der Waals surface area contributed by atoms with Crippen molar-refractivity contribution in [2.75, 3.05) is 0 Å². The topological polar surface area (TPSA) is 3.88 Å². The number of aromatic nitrogens is 1. The maximum absolute atomic E-state index is 4.35. The minimum absolute atomic E-state index is 0. The van der Waals surface area contributed by atoms with E-state index in [1.54, 1.807) is 0 Å². The van der Waals surface area contributed by atoms with Crippen LogP contribution in [0.5, 0.6) is 0 Å². The standard InChI is InChI=1S/C37H44N.Ir/c1-5-7-9-11-13-30-16-21-32(22-17-30)34-20-15-29(3)36(27-34)37-28-35(25-26-38(37)4)33-23-18-31(19-24-33)14-12-10-8-6-2;/h15-28H,3-14H2,1-2H3;/q-1;. The fourth-order valence-corrected chi connectivity index (χ4v) is 5.17. The molecular formula is C37H44IrN-. The summed E-state index contributed by atoms with van der Waals surface area (Å²) in [7, 11) is 4.28. The zero-order valence-corrected chi connectivity index (χ0v) is 26.2. The summed E-state index contributed by atoms with van der Waals surface area (Å²) in [6.45, 7) is 8.88. The maximum atomic E-state index is 4.35. The van der Waals surface area contributed by atoms with Crippen LogP contribution in [-0.4, -0.2) is 0 Å². The first-order valence-electron chi connectivity index (χ1n) is 14.6. The molecule has 0 saturated heterocycles. The van der Waals surface area contributed by atoms with E-state index in [1.165, 1.54) is 84.7 Å². The van der Waals surface area contributed by atoms with E-state index in [4.69, 9.17) is 0 Å². The van der Waals surface area contributed by atoms with Gasteiger partial charge in [-0.1, -0.05) is 107 Å². The predicted octanol–water partition coefficient (Wildman–Crippen LogP) is 10.0. The van der Waals surface area contributed by atoms with E-state index < -0.39 is 0 Å². The van der Waals surface area contributed by atoms with Crippen LogP contribution in [0.4, 0.5) is 0 Å². The van der Waals surface area contributed by atoms with E-state index in [-0.39, 0.29) is 20.1 Å². The molecule has 0 bridgehead atoms. The number of unbranched alkanes of at least 4 members (excludes halogenated alkanes) is 6. The van der Waals surface area contributed by atoms with Gasteiger partial charge in [-0.25, -0.2) is 0 Å². The summed E-state index contributed by atoms with van der Waals surface area (Å²) < 4.78 is 1.96. The Bertz CT molecular complexity index is 1190. The van der Waals surface area contributed by atoms with Gasteiger partial charge in [0.05, 0.1) is 11.9 Å². The van der Waals surface area contributed by atoms with Crippen LogP contribution in [0.25, 0.3) is 33.5 Å². The summed E-state index contributed by atoms with van der Waals surface area (Å²) >= 11 is 0. The molecule has 1 aromatic heterocycles. The average molecular weight is 695 g/mol. The Morgan fingerprint density at radius 1 is 0.564 bits per heavy atom. The second-order valence-electron chi connectivity index (χ2n) is 10.7. The summed E-state index contributed by atoms with van der Waals surface area (Å²) in [6.07, 6.45) is 14.8. The second kappa shape index (κ2) is 15.7. The average Bonchev–Trinajstić information content (AvgIpc) is 2.95. The first kappa shape index (κ1) is 30.7. The minimum Gasteiger partial charge on any atom is -0.343 e. The molecule has 1 heterocycles. The number of nitrogens with zero attached hydrogens (tertiary/aromatic N) is 1. The van der Waals surface area contributed by atoms with Crippen LogP contribution in [0.2, 0.25) is 0 Å². The first-order chi connectivity index (χ1) is 18.6. The quantitative estimate of drug-likeness (QED) is 0.0745. The Balaban J connectivity index is 0.00000420. The van der Waals surface area contributed by atoms with Gasteiger partial charge in [-0.15, -0.1) is 17.7 Å². The summed E-state index contributed by atoms with van der Waals surface area (Å²) in [6, 6.07) is 29.1. The number of aryl methyl sites for hydroxylation is 2. The number of rotatable bonds is 13. The van der Waals surface area contributed by atoms with Gasteiger partial charge in [0.25, 0.3) is 0 Å². The molecule has 0 atom stereocenters. The van der Waals surface area contributed by atoms with E-state index in [1.807, 2.05) is 4.57 Å². The van der Waals surface area contributed by atoms with Crippen LogP contribution in [-0.2, 0) is 32.9 Å². The Hall–Kier alpha value is -2.80. The first-order valence-corrected chi connectivity index (χ1v) is 14.6. The van der Waals surface area contributed by atoms with Crippen LogP contribution in [0.3, 0.4) is 0 Å². The Morgan fingerprint density at radius 3 is 1.56 bits per heavy atom. The number of hydrogen-bond acceptors (Lipinski definition) is 0. The smallest absolute Gasteiger partial charge is 0.0692 e. The molecule has 39 heavy (non-hydrogen) atoms. The fourth-order valence-electron chi connectivity index (χ4n) is 5.17. The molecule has 4 rings (SSSR count). The van der Waals surface area contributed by atoms with Crippen molar-refractivity contribution >= 4 is 0 Å². The van der Waals surface area contributed by atoms with Crippen molar-refractivity contribution in [1.82, 2.24) is 0 Å². The third kappa shape index (κ3) is 8.59. The molecule has 2 heteroatoms. The van der Waals surface area contributed by atoms with Crippen molar-refractivity contribution in [3.8, 4) is 33.5 Å². The van der Waals surface area contributed by atoms with Crippen LogP contribution < -0.4 is 4.57 Å². The van der Waals surface area contributed by atoms with Gasteiger partial charge in [0, 0.05) is 27.2 Å². The van der Waals surface area contributed by atoms with Gasteiger partial charge < -0.3 is 4.57 Å². The van der Waals surface area contributed by atoms with Crippen LogP contribution in [0, 0.1) is 14.0 Å². The van der Waals surface area contributed by atoms with Crippen molar-refractivity contribution in [1.29, 1.82) is 0 Å². The zero-order chi connectivity index (χ0) is 26.7. The van der Waals surface area contributed by atoms with Crippen molar-refractivity contribution in [2.45, 2.75) is 78.1 Å². The summed E-state index contributed by atoms with van der Waals surface area (Å²) in [5.41, 5.74) is 10.9. The van der Waals surface area contributed by atoms with Crippen molar-refractivity contribution in [2.24, 2.45) is 0 Å². The van der Waals surface area contributed by atoms with Gasteiger partial charge in [-0.3, -0.25) is 0 Å². The van der Waals surface area contributed by atoms with Crippen molar-refractivity contribution < 1.29 is 24.7 Å². The Kier molecular flexibility index (Phi) is 12.4. The molecule has 207 valence electrons. The SMILES string of the molecule is [CH2-]c1ccc(-c2ccc(CCCCCC)cc2)cc1-c1cc(-c2ccc(CCCCCC)cc2)cc[n+]1[CH2-].[Ir]. The predicted molar refractivity (Wildman–Crippen MR) is 164 cm³/mol. The number of pyridine rings is 1. The van der Waals surface area contributed by atoms with E-state index in [2.05, 4.69) is 113 Å². The molecule has 0 aliphatic rings. The zero-order valence-electron chi connectivity index (χ0n) is 23.8. The van der Waals surface area contributed by atoms with E-state index in [9.17, 15) is 0 Å². The van der Waals surface area contributed by atoms with Crippen LogP contribution in [0.1, 0.15) is 81.9 Å². The van der Waals surface area contributed by atoms with Gasteiger partial charge in [0.2, 0.25) is 0 Å². The third-order valence-electron chi connectivity index (χ3n) is 7.63. The minimum atomic E-state index is 0. The molecule has 0 aliphatic heterocycles. The molecule has 4 aromatic rings. The molecule has 0 amide bonds.